The zero-order valence-electron chi connectivity index (χ0n) is 6.44. The molecular formula is C8H15N. The number of nitrogens with one attached hydrogen (secondary N) is 1. The highest BCUT2D eigenvalue weighted by Crippen LogP contribution is 1.58. The highest BCUT2D eigenvalue weighted by molar-refractivity contribution is 4.83. The molecule has 1 nitrogen and oxygen atoms in total. The molecule has 0 radical (unpaired) electrons. The molecule has 0 aliphatic carbocycles. The Hall–Kier alpha value is -0.940. The zero-order chi connectivity index (χ0) is 7.54. The predicted molar refractivity (Wildman–Crippen MR) is 43.0 cm³/mol. The molecule has 0 heterocycles. The number of rotatable bonds is 2. The molecule has 0 saturated carbocycles. The Kier molecular flexibility index (Phi) is 19.1. The highest BCUT2D eigenvalue weighted by atomic mass is 14.8. The van der Waals surface area contributed by atoms with Gasteiger partial charge in [0.1, 0.15) is 0 Å². The smallest absolute Gasteiger partial charge is 0.0433 e. The summed E-state index contributed by atoms with van der Waals surface area (Å²) >= 11 is 0. The predicted octanol–water partition coefficient (Wildman–Crippen LogP) is 2.43. The summed E-state index contributed by atoms with van der Waals surface area (Å²) in [6, 6.07) is 0. The van der Waals surface area contributed by atoms with Crippen molar-refractivity contribution in [3.8, 4) is 0 Å². The molecule has 0 aliphatic rings. The lowest BCUT2D eigenvalue weighted by Gasteiger charge is -1.76. The van der Waals surface area contributed by atoms with Crippen molar-refractivity contribution in [3.05, 3.63) is 30.8 Å². The van der Waals surface area contributed by atoms with Crippen LogP contribution in [0.5, 0.6) is 0 Å². The minimum Gasteiger partial charge on any atom is -0.362 e. The second-order valence-electron chi connectivity index (χ2n) is 0.970. The van der Waals surface area contributed by atoms with Crippen LogP contribution in [0.3, 0.4) is 0 Å². The minimum atomic E-state index is 1.59. The van der Waals surface area contributed by atoms with E-state index in [1.54, 1.807) is 12.4 Å². The van der Waals surface area contributed by atoms with Gasteiger partial charge in [-0.3, -0.25) is 0 Å². The third-order valence-electron chi connectivity index (χ3n) is 0.451. The van der Waals surface area contributed by atoms with Gasteiger partial charge in [-0.05, 0) is 19.2 Å². The number of hydrogen-bond donors (Lipinski definition) is 1. The highest BCUT2D eigenvalue weighted by Gasteiger charge is 1.50. The van der Waals surface area contributed by atoms with Crippen molar-refractivity contribution in [2.45, 2.75) is 20.8 Å². The van der Waals surface area contributed by atoms with E-state index in [2.05, 4.69) is 17.6 Å². The summed E-state index contributed by atoms with van der Waals surface area (Å²) in [6.07, 6.45) is 5.10. The van der Waals surface area contributed by atoms with Gasteiger partial charge in [-0.25, -0.2) is 0 Å². The third kappa shape index (κ3) is 19.3. The monoisotopic (exact) mass is 125 g/mol. The first-order valence-electron chi connectivity index (χ1n) is 3.14. The van der Waals surface area contributed by atoms with Gasteiger partial charge in [0.2, 0.25) is 0 Å². The lowest BCUT2D eigenvalue weighted by molar-refractivity contribution is 1.21. The fraction of sp³-hybridized carbons (Fsp3) is 0.375. The van der Waals surface area contributed by atoms with Crippen LogP contribution >= 0.6 is 0 Å². The molecule has 0 rings (SSSR count). The molecule has 0 atom stereocenters. The van der Waals surface area contributed by atoms with E-state index in [0.29, 0.717) is 0 Å². The summed E-state index contributed by atoms with van der Waals surface area (Å²) in [5.41, 5.74) is 2.82. The molecule has 52 valence electrons. The molecule has 1 N–H and O–H groups in total. The van der Waals surface area contributed by atoms with Crippen molar-refractivity contribution in [3.63, 3.8) is 0 Å². The van der Waals surface area contributed by atoms with Crippen molar-refractivity contribution < 1.29 is 0 Å². The lowest BCUT2D eigenvalue weighted by Crippen LogP contribution is -1.86. The van der Waals surface area contributed by atoms with E-state index in [4.69, 9.17) is 0 Å². The van der Waals surface area contributed by atoms with Gasteiger partial charge >= 0.3 is 0 Å². The van der Waals surface area contributed by atoms with Gasteiger partial charge in [0, 0.05) is 6.20 Å². The van der Waals surface area contributed by atoms with Gasteiger partial charge < -0.3 is 5.32 Å². The normalized spacial score (nSPS) is 5.22. The number of hydrogen-bond acceptors (Lipinski definition) is 1. The van der Waals surface area contributed by atoms with E-state index in [1.165, 1.54) is 0 Å². The average molecular weight is 125 g/mol. The summed E-state index contributed by atoms with van der Waals surface area (Å²) < 4.78 is 0. The molecular weight excluding hydrogens is 110 g/mol. The van der Waals surface area contributed by atoms with E-state index >= 15 is 0 Å². The average Bonchev–Trinajstić information content (AvgIpc) is 1.94. The topological polar surface area (TPSA) is 12.0 Å². The van der Waals surface area contributed by atoms with E-state index in [1.807, 2.05) is 26.8 Å². The second kappa shape index (κ2) is 15.7. The Labute approximate surface area is 57.8 Å². The maximum absolute atomic E-state index is 3.44. The van der Waals surface area contributed by atoms with Crippen LogP contribution in [0.25, 0.3) is 0 Å². The number of allylic oxidation sites excluding steroid dienone is 1. The molecule has 1 heteroatoms. The summed E-state index contributed by atoms with van der Waals surface area (Å²) in [7, 11) is 0. The van der Waals surface area contributed by atoms with Crippen LogP contribution < -0.4 is 5.32 Å². The van der Waals surface area contributed by atoms with Crippen molar-refractivity contribution in [2.24, 2.45) is 0 Å². The van der Waals surface area contributed by atoms with Crippen LogP contribution in [0.15, 0.2) is 30.8 Å². The van der Waals surface area contributed by atoms with Gasteiger partial charge in [-0.15, -0.1) is 5.73 Å². The Morgan fingerprint density at radius 1 is 1.44 bits per heavy atom. The van der Waals surface area contributed by atoms with Gasteiger partial charge in [-0.2, -0.15) is 0 Å². The molecule has 0 amide bonds. The molecule has 0 aliphatic heterocycles. The van der Waals surface area contributed by atoms with Gasteiger partial charge in [0.25, 0.3) is 0 Å². The Bertz CT molecular complexity index is 97.1. The second-order valence-corrected chi connectivity index (χ2v) is 0.970. The minimum absolute atomic E-state index is 1.59. The van der Waals surface area contributed by atoms with E-state index in [-0.39, 0.29) is 0 Å². The van der Waals surface area contributed by atoms with E-state index in [0.717, 1.165) is 0 Å². The first kappa shape index (κ1) is 10.9. The van der Waals surface area contributed by atoms with Crippen LogP contribution in [0.2, 0.25) is 0 Å². The van der Waals surface area contributed by atoms with Crippen molar-refractivity contribution in [1.29, 1.82) is 0 Å². The summed E-state index contributed by atoms with van der Waals surface area (Å²) in [5.74, 6) is 0. The lowest BCUT2D eigenvalue weighted by atomic mass is 10.7. The van der Waals surface area contributed by atoms with Crippen LogP contribution in [0, 0.1) is 0 Å². The van der Waals surface area contributed by atoms with Crippen molar-refractivity contribution in [2.75, 3.05) is 0 Å². The van der Waals surface area contributed by atoms with E-state index in [9.17, 15) is 0 Å². The molecule has 9 heavy (non-hydrogen) atoms. The summed E-state index contributed by atoms with van der Waals surface area (Å²) in [4.78, 5) is 0. The van der Waals surface area contributed by atoms with Gasteiger partial charge in [0.15, 0.2) is 0 Å². The Balaban J connectivity index is 0. The zero-order valence-corrected chi connectivity index (χ0v) is 6.44. The standard InChI is InChI=1S/C6H9N.C2H6/c1-3-5-6-7-4-2;1-2/h3-4,6-7H,2H2,1H3;1-2H3. The fourth-order valence-corrected chi connectivity index (χ4v) is 0.190. The molecule has 0 bridgehead atoms. The molecule has 0 spiro atoms. The maximum Gasteiger partial charge on any atom is 0.0433 e. The first-order valence-corrected chi connectivity index (χ1v) is 3.14. The van der Waals surface area contributed by atoms with Crippen molar-refractivity contribution >= 4 is 0 Å². The fourth-order valence-electron chi connectivity index (χ4n) is 0.190. The third-order valence-corrected chi connectivity index (χ3v) is 0.451. The van der Waals surface area contributed by atoms with Crippen LogP contribution in [-0.2, 0) is 0 Å². The van der Waals surface area contributed by atoms with Crippen molar-refractivity contribution in [1.82, 2.24) is 5.32 Å². The van der Waals surface area contributed by atoms with Crippen LogP contribution in [0.1, 0.15) is 20.8 Å². The van der Waals surface area contributed by atoms with Gasteiger partial charge in [0.05, 0.1) is 0 Å². The molecule has 0 aromatic carbocycles. The largest absolute Gasteiger partial charge is 0.362 e. The Morgan fingerprint density at radius 2 is 2.00 bits per heavy atom. The Morgan fingerprint density at radius 3 is 2.33 bits per heavy atom. The quantitative estimate of drug-likeness (QED) is 0.559. The summed E-state index contributed by atoms with van der Waals surface area (Å²) in [6.45, 7) is 9.34. The molecule has 0 aromatic rings. The molecule has 0 saturated heterocycles. The SMILES string of the molecule is C=CNC=C=CC.CC. The molecule has 0 unspecified atom stereocenters. The van der Waals surface area contributed by atoms with E-state index < -0.39 is 0 Å². The summed E-state index contributed by atoms with van der Waals surface area (Å²) in [5, 5.41) is 2.75. The van der Waals surface area contributed by atoms with Crippen LogP contribution in [0.4, 0.5) is 0 Å². The first-order chi connectivity index (χ1) is 4.41. The molecule has 0 fully saturated rings. The van der Waals surface area contributed by atoms with Gasteiger partial charge in [-0.1, -0.05) is 20.4 Å². The molecule has 0 aromatic heterocycles. The maximum atomic E-state index is 3.44. The van der Waals surface area contributed by atoms with Crippen LogP contribution in [-0.4, -0.2) is 0 Å².